The minimum absolute atomic E-state index is 0.000614. The zero-order chi connectivity index (χ0) is 49.7. The Hall–Kier alpha value is -6.58. The molecule has 370 valence electrons. The van der Waals surface area contributed by atoms with Crippen LogP contribution in [0, 0.1) is 33.7 Å². The molecule has 1 saturated carbocycles. The molecule has 0 saturated heterocycles. The predicted octanol–water partition coefficient (Wildman–Crippen LogP) is 11.8. The van der Waals surface area contributed by atoms with E-state index in [9.17, 15) is 24.7 Å². The van der Waals surface area contributed by atoms with Gasteiger partial charge in [0, 0.05) is 60.8 Å². The lowest BCUT2D eigenvalue weighted by atomic mass is 9.55. The number of benzene rings is 5. The number of nitro groups is 1. The van der Waals surface area contributed by atoms with Gasteiger partial charge in [0.2, 0.25) is 11.7 Å². The number of oxime groups is 1. The molecule has 1 fully saturated rings. The molecule has 0 aromatic heterocycles. The van der Waals surface area contributed by atoms with Crippen molar-refractivity contribution < 1.29 is 43.4 Å². The first-order valence-corrected chi connectivity index (χ1v) is 25.4. The number of amides is 1. The summed E-state index contributed by atoms with van der Waals surface area (Å²) in [4.78, 5) is 35.3. The van der Waals surface area contributed by atoms with E-state index in [2.05, 4.69) is 12.7 Å². The zero-order valence-electron chi connectivity index (χ0n) is 39.8. The second kappa shape index (κ2) is 24.0. The molecule has 1 heterocycles. The number of thioether (sulfide) groups is 1. The summed E-state index contributed by atoms with van der Waals surface area (Å²) < 4.78 is 35.7. The summed E-state index contributed by atoms with van der Waals surface area (Å²) in [6.45, 7) is 4.42. The standard InChI is InChI=1S/C57H60FN3O9S/c1-3-33-67-57-53(60(37-40-15-20-43(58)21-16-40)54(64)30-19-39-17-22-44(23-18-39)61(65)66)36-51(59-68-38-41-11-5-4-6-12-41)49-34-42(13-7-9-31-62)48(14-8-10-32-63)55(56(49)57)50-35-46(26-29-52(50)70-57)69-45-24-27-47(71-2)28-25-45/h3-6,11-12,15-30,34-35,42,48,53,55-56,62-63H,1,7-10,13-14,31-33,36-38H2,2H3. The van der Waals surface area contributed by atoms with Crippen LogP contribution in [0.1, 0.15) is 73.1 Å². The number of rotatable bonds is 23. The van der Waals surface area contributed by atoms with Crippen LogP contribution in [0.4, 0.5) is 10.1 Å². The van der Waals surface area contributed by atoms with Gasteiger partial charge in [-0.25, -0.2) is 4.39 Å². The molecule has 0 bridgehead atoms. The van der Waals surface area contributed by atoms with Gasteiger partial charge < -0.3 is 34.2 Å². The van der Waals surface area contributed by atoms with Gasteiger partial charge in [-0.1, -0.05) is 72.6 Å². The molecule has 6 unspecified atom stereocenters. The van der Waals surface area contributed by atoms with E-state index in [1.165, 1.54) is 30.3 Å². The van der Waals surface area contributed by atoms with E-state index in [0.29, 0.717) is 46.9 Å². The first-order valence-electron chi connectivity index (χ1n) is 24.2. The number of aliphatic hydroxyl groups excluding tert-OH is 2. The molecule has 14 heteroatoms. The molecule has 12 nitrogen and oxygen atoms in total. The van der Waals surface area contributed by atoms with Crippen molar-refractivity contribution in [3.63, 3.8) is 0 Å². The van der Waals surface area contributed by atoms with Gasteiger partial charge in [-0.15, -0.1) is 18.3 Å². The quantitative estimate of drug-likeness (QED) is 0.0161. The van der Waals surface area contributed by atoms with E-state index in [-0.39, 0.29) is 62.8 Å². The number of ether oxygens (including phenoxy) is 3. The molecule has 0 spiro atoms. The van der Waals surface area contributed by atoms with Crippen molar-refractivity contribution in [2.24, 2.45) is 22.9 Å². The van der Waals surface area contributed by atoms with Crippen molar-refractivity contribution in [1.29, 1.82) is 0 Å². The summed E-state index contributed by atoms with van der Waals surface area (Å²) in [5, 5.41) is 36.5. The van der Waals surface area contributed by atoms with E-state index in [4.69, 9.17) is 24.2 Å². The van der Waals surface area contributed by atoms with Crippen LogP contribution in [0.15, 0.2) is 162 Å². The third kappa shape index (κ3) is 12.0. The van der Waals surface area contributed by atoms with Gasteiger partial charge in [0.1, 0.15) is 35.7 Å². The Balaban J connectivity index is 1.33. The monoisotopic (exact) mass is 981 g/mol. The number of aliphatic hydroxyl groups is 2. The molecule has 1 amide bonds. The van der Waals surface area contributed by atoms with Crippen LogP contribution in [-0.4, -0.2) is 69.6 Å². The van der Waals surface area contributed by atoms with Crippen molar-refractivity contribution >= 4 is 35.1 Å². The number of non-ortho nitro benzene ring substituents is 1. The van der Waals surface area contributed by atoms with Crippen LogP contribution < -0.4 is 9.47 Å². The van der Waals surface area contributed by atoms with Gasteiger partial charge in [0.05, 0.1) is 23.2 Å². The number of nitro benzene ring substituents is 1. The minimum Gasteiger partial charge on any atom is -0.459 e. The summed E-state index contributed by atoms with van der Waals surface area (Å²) in [5.41, 5.74) is 4.45. The van der Waals surface area contributed by atoms with Gasteiger partial charge in [-0.3, -0.25) is 14.9 Å². The summed E-state index contributed by atoms with van der Waals surface area (Å²) in [6, 6.07) is 34.5. The highest BCUT2D eigenvalue weighted by molar-refractivity contribution is 7.98. The Morgan fingerprint density at radius 1 is 0.930 bits per heavy atom. The van der Waals surface area contributed by atoms with Gasteiger partial charge in [-0.2, -0.15) is 0 Å². The fourth-order valence-electron chi connectivity index (χ4n) is 10.3. The summed E-state index contributed by atoms with van der Waals surface area (Å²) in [7, 11) is 0. The van der Waals surface area contributed by atoms with E-state index in [1.54, 1.807) is 53.1 Å². The number of hydrogen-bond acceptors (Lipinski definition) is 11. The molecule has 0 radical (unpaired) electrons. The van der Waals surface area contributed by atoms with Crippen LogP contribution in [0.3, 0.4) is 0 Å². The normalized spacial score (nSPS) is 21.7. The highest BCUT2D eigenvalue weighted by atomic mass is 32.2. The van der Waals surface area contributed by atoms with E-state index >= 15 is 4.79 Å². The average Bonchev–Trinajstić information content (AvgIpc) is 3.39. The molecule has 2 N–H and O–H groups in total. The van der Waals surface area contributed by atoms with Crippen LogP contribution in [0.5, 0.6) is 17.2 Å². The maximum Gasteiger partial charge on any atom is 0.269 e. The van der Waals surface area contributed by atoms with Gasteiger partial charge >= 0.3 is 0 Å². The molecular weight excluding hydrogens is 922 g/mol. The SMILES string of the molecule is C=CCOC12Oc3ccc(Oc4ccc(SC)cc4)cc3C3C(CCCCO)C(CCCCO)C=C(C(=NOCc4ccccc4)CC1N(Cc1ccc(F)cc1)C(=O)C=Cc1ccc([N+](=O)[O-])cc1)C32. The molecule has 2 aliphatic carbocycles. The summed E-state index contributed by atoms with van der Waals surface area (Å²) in [6.07, 6.45) is 13.4. The number of carbonyl (C=O) groups excluding carboxylic acids is 1. The lowest BCUT2D eigenvalue weighted by Gasteiger charge is -2.60. The maximum absolute atomic E-state index is 15.2. The highest BCUT2D eigenvalue weighted by Gasteiger charge is 2.65. The van der Waals surface area contributed by atoms with E-state index in [0.717, 1.165) is 47.3 Å². The first kappa shape index (κ1) is 50.8. The van der Waals surface area contributed by atoms with E-state index in [1.807, 2.05) is 79.1 Å². The van der Waals surface area contributed by atoms with Crippen molar-refractivity contribution in [2.45, 2.75) is 80.7 Å². The molecule has 6 atom stereocenters. The Kier molecular flexibility index (Phi) is 17.2. The third-order valence-electron chi connectivity index (χ3n) is 13.6. The van der Waals surface area contributed by atoms with Gasteiger partial charge in [-0.05, 0) is 139 Å². The molecule has 8 rings (SSSR count). The molecule has 3 aliphatic rings. The maximum atomic E-state index is 15.2. The molecule has 71 heavy (non-hydrogen) atoms. The molecular formula is C57H60FN3O9S. The topological polar surface area (TPSA) is 153 Å². The van der Waals surface area contributed by atoms with Gasteiger partial charge in [0.15, 0.2) is 0 Å². The largest absolute Gasteiger partial charge is 0.459 e. The average molecular weight is 982 g/mol. The zero-order valence-corrected chi connectivity index (χ0v) is 40.6. The van der Waals surface area contributed by atoms with Crippen molar-refractivity contribution in [3.8, 4) is 17.2 Å². The number of unbranched alkanes of at least 4 members (excludes halogenated alkanes) is 2. The first-order chi connectivity index (χ1) is 34.6. The Morgan fingerprint density at radius 2 is 1.65 bits per heavy atom. The minimum atomic E-state index is -1.58. The Bertz CT molecular complexity index is 2700. The lowest BCUT2D eigenvalue weighted by Crippen LogP contribution is -2.70. The molecule has 5 aromatic carbocycles. The van der Waals surface area contributed by atoms with Gasteiger partial charge in [0.25, 0.3) is 5.69 Å². The van der Waals surface area contributed by atoms with E-state index < -0.39 is 34.4 Å². The predicted molar refractivity (Wildman–Crippen MR) is 274 cm³/mol. The number of carbonyl (C=O) groups is 1. The lowest BCUT2D eigenvalue weighted by molar-refractivity contribution is -0.384. The second-order valence-corrected chi connectivity index (χ2v) is 19.0. The fourth-order valence-corrected chi connectivity index (χ4v) is 10.8. The summed E-state index contributed by atoms with van der Waals surface area (Å²) in [5.74, 6) is -1.52. The molecule has 5 aromatic rings. The van der Waals surface area contributed by atoms with Crippen LogP contribution in [0.2, 0.25) is 0 Å². The number of allylic oxidation sites excluding steroid dienone is 1. The fraction of sp³-hybridized carbons (Fsp3) is 0.333. The second-order valence-electron chi connectivity index (χ2n) is 18.1. The highest BCUT2D eigenvalue weighted by Crippen LogP contribution is 2.62. The van der Waals surface area contributed by atoms with Crippen LogP contribution in [-0.2, 0) is 27.5 Å². The number of hydrogen-bond donors (Lipinski definition) is 2. The smallest absolute Gasteiger partial charge is 0.269 e. The molecule has 1 aliphatic heterocycles. The summed E-state index contributed by atoms with van der Waals surface area (Å²) >= 11 is 1.65. The Morgan fingerprint density at radius 3 is 2.34 bits per heavy atom. The Labute approximate surface area is 418 Å². The van der Waals surface area contributed by atoms with Crippen LogP contribution >= 0.6 is 11.8 Å². The number of halogens is 1. The number of nitrogens with zero attached hydrogens (tertiary/aromatic N) is 3. The third-order valence-corrected chi connectivity index (χ3v) is 14.4. The van der Waals surface area contributed by atoms with Crippen LogP contribution in [0.25, 0.3) is 6.08 Å². The van der Waals surface area contributed by atoms with Crippen molar-refractivity contribution in [3.05, 3.63) is 190 Å². The van der Waals surface area contributed by atoms with Crippen molar-refractivity contribution in [1.82, 2.24) is 4.90 Å². The van der Waals surface area contributed by atoms with Crippen molar-refractivity contribution in [2.75, 3.05) is 26.1 Å². The number of fused-ring (bicyclic) bond motifs is 2.